The van der Waals surface area contributed by atoms with Gasteiger partial charge in [-0.1, -0.05) is 11.6 Å². The van der Waals surface area contributed by atoms with E-state index in [-0.39, 0.29) is 18.2 Å². The van der Waals surface area contributed by atoms with Crippen LogP contribution >= 0.6 is 0 Å². The molecule has 0 aliphatic heterocycles. The van der Waals surface area contributed by atoms with Gasteiger partial charge in [0.25, 0.3) is 5.91 Å². The highest BCUT2D eigenvalue weighted by Gasteiger charge is 2.10. The molecule has 0 atom stereocenters. The first kappa shape index (κ1) is 13.2. The molecule has 0 saturated carbocycles. The fourth-order valence-electron chi connectivity index (χ4n) is 2.16. The summed E-state index contributed by atoms with van der Waals surface area (Å²) in [6.07, 6.45) is 1.44. The van der Waals surface area contributed by atoms with Crippen LogP contribution in [0.4, 0.5) is 0 Å². The van der Waals surface area contributed by atoms with E-state index in [2.05, 4.69) is 5.32 Å². The van der Waals surface area contributed by atoms with Crippen molar-refractivity contribution in [1.82, 2.24) is 5.32 Å². The SMILES string of the molecule is Cc1ccc2oc(=O)cc(CNC(=O)c3ccco3)c2c1. The van der Waals surface area contributed by atoms with Gasteiger partial charge in [0.15, 0.2) is 5.76 Å². The average molecular weight is 283 g/mol. The molecule has 2 heterocycles. The van der Waals surface area contributed by atoms with E-state index in [1.165, 1.54) is 12.3 Å². The second-order valence-corrected chi connectivity index (χ2v) is 4.75. The number of hydrogen-bond acceptors (Lipinski definition) is 4. The van der Waals surface area contributed by atoms with E-state index in [0.717, 1.165) is 10.9 Å². The molecule has 0 bridgehead atoms. The van der Waals surface area contributed by atoms with Gasteiger partial charge in [0.2, 0.25) is 0 Å². The number of fused-ring (bicyclic) bond motifs is 1. The lowest BCUT2D eigenvalue weighted by Gasteiger charge is -2.07. The lowest BCUT2D eigenvalue weighted by atomic mass is 10.1. The van der Waals surface area contributed by atoms with E-state index in [9.17, 15) is 9.59 Å². The average Bonchev–Trinajstić information content (AvgIpc) is 2.99. The van der Waals surface area contributed by atoms with Gasteiger partial charge >= 0.3 is 5.63 Å². The van der Waals surface area contributed by atoms with E-state index < -0.39 is 5.63 Å². The van der Waals surface area contributed by atoms with Crippen LogP contribution in [0.15, 0.2) is 56.3 Å². The zero-order valence-corrected chi connectivity index (χ0v) is 11.4. The zero-order chi connectivity index (χ0) is 14.8. The molecule has 3 rings (SSSR count). The Morgan fingerprint density at radius 3 is 2.86 bits per heavy atom. The van der Waals surface area contributed by atoms with Crippen LogP contribution in [0, 0.1) is 6.92 Å². The van der Waals surface area contributed by atoms with Gasteiger partial charge in [0, 0.05) is 18.0 Å². The quantitative estimate of drug-likeness (QED) is 0.750. The third-order valence-electron chi connectivity index (χ3n) is 3.17. The van der Waals surface area contributed by atoms with Crippen molar-refractivity contribution in [2.75, 3.05) is 0 Å². The molecule has 1 N–H and O–H groups in total. The standard InChI is InChI=1S/C16H13NO4/c1-10-4-5-13-12(7-10)11(8-15(18)21-13)9-17-16(19)14-3-2-6-20-14/h2-8H,9H2,1H3,(H,17,19). The predicted octanol–water partition coefficient (Wildman–Crippen LogP) is 2.62. The molecule has 5 nitrogen and oxygen atoms in total. The lowest BCUT2D eigenvalue weighted by molar-refractivity contribution is 0.0923. The molecule has 106 valence electrons. The monoisotopic (exact) mass is 283 g/mol. The summed E-state index contributed by atoms with van der Waals surface area (Å²) in [7, 11) is 0. The number of rotatable bonds is 3. The topological polar surface area (TPSA) is 72.5 Å². The van der Waals surface area contributed by atoms with Crippen LogP contribution in [-0.4, -0.2) is 5.91 Å². The Morgan fingerprint density at radius 2 is 2.10 bits per heavy atom. The number of nitrogens with one attached hydrogen (secondary N) is 1. The maximum Gasteiger partial charge on any atom is 0.336 e. The van der Waals surface area contributed by atoms with Gasteiger partial charge in [-0.2, -0.15) is 0 Å². The van der Waals surface area contributed by atoms with Crippen LogP contribution in [-0.2, 0) is 6.54 Å². The van der Waals surface area contributed by atoms with Crippen molar-refractivity contribution in [3.8, 4) is 0 Å². The van der Waals surface area contributed by atoms with Crippen molar-refractivity contribution >= 4 is 16.9 Å². The summed E-state index contributed by atoms with van der Waals surface area (Å²) in [6.45, 7) is 2.18. The second-order valence-electron chi connectivity index (χ2n) is 4.75. The number of furan rings is 1. The third kappa shape index (κ3) is 2.72. The van der Waals surface area contributed by atoms with Crippen LogP contribution in [0.25, 0.3) is 11.0 Å². The lowest BCUT2D eigenvalue weighted by Crippen LogP contribution is -2.23. The summed E-state index contributed by atoms with van der Waals surface area (Å²) >= 11 is 0. The van der Waals surface area contributed by atoms with Crippen molar-refractivity contribution in [2.45, 2.75) is 13.5 Å². The van der Waals surface area contributed by atoms with Gasteiger partial charge in [-0.3, -0.25) is 4.79 Å². The van der Waals surface area contributed by atoms with E-state index >= 15 is 0 Å². The number of amides is 1. The van der Waals surface area contributed by atoms with Gasteiger partial charge in [-0.05, 0) is 36.8 Å². The summed E-state index contributed by atoms with van der Waals surface area (Å²) in [6, 6.07) is 10.2. The molecule has 5 heteroatoms. The van der Waals surface area contributed by atoms with Crippen molar-refractivity contribution in [3.05, 3.63) is 70.0 Å². The third-order valence-corrected chi connectivity index (χ3v) is 3.17. The maximum absolute atomic E-state index is 11.9. The molecule has 2 aromatic heterocycles. The Balaban J connectivity index is 1.91. The predicted molar refractivity (Wildman–Crippen MR) is 77.1 cm³/mol. The number of hydrogen-bond donors (Lipinski definition) is 1. The van der Waals surface area contributed by atoms with Crippen molar-refractivity contribution in [2.24, 2.45) is 0 Å². The number of benzene rings is 1. The summed E-state index contributed by atoms with van der Waals surface area (Å²) in [5, 5.41) is 3.54. The van der Waals surface area contributed by atoms with E-state index in [1.807, 2.05) is 19.1 Å². The first-order valence-electron chi connectivity index (χ1n) is 6.48. The largest absolute Gasteiger partial charge is 0.459 e. The van der Waals surface area contributed by atoms with Crippen LogP contribution in [0.1, 0.15) is 21.7 Å². The van der Waals surface area contributed by atoms with Crippen LogP contribution in [0.5, 0.6) is 0 Å². The summed E-state index contributed by atoms with van der Waals surface area (Å²) in [5.74, 6) is -0.0903. The Labute approximate surface area is 120 Å². The molecular weight excluding hydrogens is 270 g/mol. The molecule has 0 unspecified atom stereocenters. The number of carbonyl (C=O) groups excluding carboxylic acids is 1. The Kier molecular flexibility index (Phi) is 3.31. The van der Waals surface area contributed by atoms with E-state index in [1.54, 1.807) is 18.2 Å². The highest BCUT2D eigenvalue weighted by atomic mass is 16.4. The van der Waals surface area contributed by atoms with Gasteiger partial charge in [-0.15, -0.1) is 0 Å². The Morgan fingerprint density at radius 1 is 1.24 bits per heavy atom. The highest BCUT2D eigenvalue weighted by Crippen LogP contribution is 2.18. The van der Waals surface area contributed by atoms with Gasteiger partial charge in [0.1, 0.15) is 5.58 Å². The highest BCUT2D eigenvalue weighted by molar-refractivity contribution is 5.91. The number of carbonyl (C=O) groups is 1. The summed E-state index contributed by atoms with van der Waals surface area (Å²) in [4.78, 5) is 23.4. The van der Waals surface area contributed by atoms with Crippen LogP contribution < -0.4 is 10.9 Å². The van der Waals surface area contributed by atoms with Gasteiger partial charge in [0.05, 0.1) is 6.26 Å². The zero-order valence-electron chi connectivity index (χ0n) is 11.4. The smallest absolute Gasteiger partial charge is 0.336 e. The van der Waals surface area contributed by atoms with Gasteiger partial charge in [-0.25, -0.2) is 4.79 Å². The fraction of sp³-hybridized carbons (Fsp3) is 0.125. The maximum atomic E-state index is 11.9. The summed E-state index contributed by atoms with van der Waals surface area (Å²) < 4.78 is 10.2. The minimum atomic E-state index is -0.436. The van der Waals surface area contributed by atoms with Crippen molar-refractivity contribution < 1.29 is 13.6 Å². The molecule has 3 aromatic rings. The normalized spacial score (nSPS) is 10.7. The molecule has 0 fully saturated rings. The van der Waals surface area contributed by atoms with Crippen molar-refractivity contribution in [1.29, 1.82) is 0 Å². The molecule has 21 heavy (non-hydrogen) atoms. The molecule has 1 aromatic carbocycles. The minimum Gasteiger partial charge on any atom is -0.459 e. The molecule has 1 amide bonds. The first-order valence-corrected chi connectivity index (χ1v) is 6.48. The fourth-order valence-corrected chi connectivity index (χ4v) is 2.16. The molecule has 0 radical (unpaired) electrons. The second kappa shape index (κ2) is 5.28. The first-order chi connectivity index (χ1) is 10.1. The van der Waals surface area contributed by atoms with Crippen LogP contribution in [0.2, 0.25) is 0 Å². The van der Waals surface area contributed by atoms with Crippen LogP contribution in [0.3, 0.4) is 0 Å². The van der Waals surface area contributed by atoms with E-state index in [0.29, 0.717) is 11.1 Å². The van der Waals surface area contributed by atoms with Gasteiger partial charge < -0.3 is 14.2 Å². The van der Waals surface area contributed by atoms with Crippen molar-refractivity contribution in [3.63, 3.8) is 0 Å². The van der Waals surface area contributed by atoms with E-state index in [4.69, 9.17) is 8.83 Å². The minimum absolute atomic E-state index is 0.227. The molecule has 0 saturated heterocycles. The Hall–Kier alpha value is -2.82. The molecule has 0 aliphatic carbocycles. The molecule has 0 spiro atoms. The molecule has 0 aliphatic rings. The molecular formula is C16H13NO4. The summed E-state index contributed by atoms with van der Waals surface area (Å²) in [5.41, 5.74) is 1.84. The Bertz CT molecular complexity index is 846. The number of aryl methyl sites for hydroxylation is 1.